The third-order valence-corrected chi connectivity index (χ3v) is 4.16. The van der Waals surface area contributed by atoms with Crippen molar-refractivity contribution in [3.63, 3.8) is 0 Å². The first-order valence-corrected chi connectivity index (χ1v) is 7.08. The van der Waals surface area contributed by atoms with Gasteiger partial charge in [-0.3, -0.25) is 0 Å². The largest absolute Gasteiger partial charge is 0.346 e. The highest BCUT2D eigenvalue weighted by Crippen LogP contribution is 2.27. The van der Waals surface area contributed by atoms with E-state index in [0.29, 0.717) is 0 Å². The minimum absolute atomic E-state index is 0.966. The Morgan fingerprint density at radius 1 is 1.10 bits per heavy atom. The van der Waals surface area contributed by atoms with Gasteiger partial charge in [0.05, 0.1) is 0 Å². The molecule has 2 N–H and O–H groups in total. The Kier molecular flexibility index (Phi) is 2.60. The smallest absolute Gasteiger partial charge is 0.137 e. The van der Waals surface area contributed by atoms with Gasteiger partial charge in [-0.15, -0.1) is 0 Å². The average Bonchev–Trinajstić information content (AvgIpc) is 2.88. The van der Waals surface area contributed by atoms with Gasteiger partial charge < -0.3 is 10.3 Å². The first kappa shape index (κ1) is 11.7. The second-order valence-corrected chi connectivity index (χ2v) is 5.50. The topological polar surface area (TPSA) is 40.7 Å². The van der Waals surface area contributed by atoms with Gasteiger partial charge in [0.1, 0.15) is 5.65 Å². The first-order chi connectivity index (χ1) is 9.81. The molecule has 0 atom stereocenters. The normalized spacial score (nSPS) is 14.4. The number of nitrogens with zero attached hydrogens (tertiary/aromatic N) is 1. The van der Waals surface area contributed by atoms with Crippen LogP contribution < -0.4 is 5.32 Å². The SMILES string of the molecule is Cc1c[nH]c2ncc(-c3ccc4c(c3)CCNC4)cc12. The molecule has 3 heteroatoms. The molecule has 4 rings (SSSR count). The monoisotopic (exact) mass is 263 g/mol. The third kappa shape index (κ3) is 1.82. The highest BCUT2D eigenvalue weighted by molar-refractivity contribution is 5.84. The number of benzene rings is 1. The third-order valence-electron chi connectivity index (χ3n) is 4.16. The molecule has 100 valence electrons. The van der Waals surface area contributed by atoms with Crippen LogP contribution in [0.5, 0.6) is 0 Å². The Balaban J connectivity index is 1.83. The standard InChI is InChI=1S/C17H17N3/c1-11-8-19-17-16(11)7-15(10-20-17)12-2-3-14-9-18-5-4-13(14)6-12/h2-3,6-8,10,18H,4-5,9H2,1H3,(H,19,20). The summed E-state index contributed by atoms with van der Waals surface area (Å²) in [6.07, 6.45) is 5.09. The summed E-state index contributed by atoms with van der Waals surface area (Å²) in [6.45, 7) is 4.18. The van der Waals surface area contributed by atoms with E-state index in [1.54, 1.807) is 0 Å². The number of fused-ring (bicyclic) bond motifs is 2. The molecule has 1 aliphatic heterocycles. The number of nitrogens with one attached hydrogen (secondary N) is 2. The van der Waals surface area contributed by atoms with E-state index < -0.39 is 0 Å². The lowest BCUT2D eigenvalue weighted by Gasteiger charge is -2.17. The molecule has 0 amide bonds. The maximum Gasteiger partial charge on any atom is 0.137 e. The summed E-state index contributed by atoms with van der Waals surface area (Å²) in [5.74, 6) is 0. The Morgan fingerprint density at radius 2 is 2.05 bits per heavy atom. The van der Waals surface area contributed by atoms with Crippen molar-refractivity contribution in [2.24, 2.45) is 0 Å². The number of aromatic amines is 1. The van der Waals surface area contributed by atoms with Gasteiger partial charge in [-0.25, -0.2) is 4.98 Å². The van der Waals surface area contributed by atoms with Gasteiger partial charge in [-0.2, -0.15) is 0 Å². The lowest BCUT2D eigenvalue weighted by Crippen LogP contribution is -2.23. The highest BCUT2D eigenvalue weighted by Gasteiger charge is 2.10. The first-order valence-electron chi connectivity index (χ1n) is 7.08. The summed E-state index contributed by atoms with van der Waals surface area (Å²) in [5, 5.41) is 4.62. The molecule has 0 radical (unpaired) electrons. The average molecular weight is 263 g/mol. The molecule has 20 heavy (non-hydrogen) atoms. The fraction of sp³-hybridized carbons (Fsp3) is 0.235. The zero-order chi connectivity index (χ0) is 13.5. The van der Waals surface area contributed by atoms with E-state index in [-0.39, 0.29) is 0 Å². The van der Waals surface area contributed by atoms with Gasteiger partial charge in [-0.05, 0) is 48.2 Å². The molecule has 0 saturated heterocycles. The molecule has 3 nitrogen and oxygen atoms in total. The summed E-state index contributed by atoms with van der Waals surface area (Å²) >= 11 is 0. The summed E-state index contributed by atoms with van der Waals surface area (Å²) in [6, 6.07) is 9.00. The predicted octanol–water partition coefficient (Wildman–Crippen LogP) is 3.18. The van der Waals surface area contributed by atoms with Crippen LogP contribution in [0.25, 0.3) is 22.2 Å². The van der Waals surface area contributed by atoms with Crippen molar-refractivity contribution in [1.29, 1.82) is 0 Å². The van der Waals surface area contributed by atoms with Gasteiger partial charge in [0.15, 0.2) is 0 Å². The summed E-state index contributed by atoms with van der Waals surface area (Å²) in [4.78, 5) is 7.72. The van der Waals surface area contributed by atoms with Gasteiger partial charge >= 0.3 is 0 Å². The van der Waals surface area contributed by atoms with Crippen molar-refractivity contribution in [3.8, 4) is 11.1 Å². The van der Waals surface area contributed by atoms with Crippen LogP contribution in [0.3, 0.4) is 0 Å². The van der Waals surface area contributed by atoms with Crippen LogP contribution in [-0.4, -0.2) is 16.5 Å². The van der Waals surface area contributed by atoms with Gasteiger partial charge in [-0.1, -0.05) is 18.2 Å². The molecule has 0 saturated carbocycles. The zero-order valence-electron chi connectivity index (χ0n) is 11.5. The minimum atomic E-state index is 0.966. The minimum Gasteiger partial charge on any atom is -0.346 e. The molecule has 1 aliphatic rings. The summed E-state index contributed by atoms with van der Waals surface area (Å²) < 4.78 is 0. The molecular weight excluding hydrogens is 246 g/mol. The van der Waals surface area contributed by atoms with Crippen molar-refractivity contribution in [2.75, 3.05) is 6.54 Å². The van der Waals surface area contributed by atoms with Gasteiger partial charge in [0.25, 0.3) is 0 Å². The Labute approximate surface area is 118 Å². The molecule has 0 unspecified atom stereocenters. The van der Waals surface area contributed by atoms with E-state index in [1.807, 2.05) is 12.4 Å². The fourth-order valence-corrected chi connectivity index (χ4v) is 2.95. The number of aryl methyl sites for hydroxylation is 1. The Bertz CT molecular complexity index is 786. The van der Waals surface area contributed by atoms with Crippen LogP contribution in [0.4, 0.5) is 0 Å². The highest BCUT2D eigenvalue weighted by atomic mass is 14.9. The number of H-pyrrole nitrogens is 1. The van der Waals surface area contributed by atoms with Crippen LogP contribution in [0.1, 0.15) is 16.7 Å². The molecular formula is C17H17N3. The van der Waals surface area contributed by atoms with Crippen LogP contribution in [0.15, 0.2) is 36.7 Å². The number of hydrogen-bond acceptors (Lipinski definition) is 2. The molecule has 0 fully saturated rings. The fourth-order valence-electron chi connectivity index (χ4n) is 2.95. The predicted molar refractivity (Wildman–Crippen MR) is 81.7 cm³/mol. The lowest BCUT2D eigenvalue weighted by molar-refractivity contribution is 0.644. The van der Waals surface area contributed by atoms with E-state index in [0.717, 1.165) is 25.2 Å². The van der Waals surface area contributed by atoms with E-state index in [2.05, 4.69) is 46.5 Å². The molecule has 3 aromatic rings. The summed E-state index contributed by atoms with van der Waals surface area (Å²) in [7, 11) is 0. The van der Waals surface area contributed by atoms with Crippen LogP contribution >= 0.6 is 0 Å². The van der Waals surface area contributed by atoms with Crippen molar-refractivity contribution in [1.82, 2.24) is 15.3 Å². The maximum absolute atomic E-state index is 4.52. The maximum atomic E-state index is 4.52. The van der Waals surface area contributed by atoms with Crippen LogP contribution in [0, 0.1) is 6.92 Å². The van der Waals surface area contributed by atoms with Crippen molar-refractivity contribution < 1.29 is 0 Å². The van der Waals surface area contributed by atoms with E-state index in [1.165, 1.54) is 33.2 Å². The van der Waals surface area contributed by atoms with Gasteiger partial charge in [0.2, 0.25) is 0 Å². The Hall–Kier alpha value is -2.13. The van der Waals surface area contributed by atoms with E-state index >= 15 is 0 Å². The van der Waals surface area contributed by atoms with Crippen LogP contribution in [0.2, 0.25) is 0 Å². The number of pyridine rings is 1. The number of hydrogen-bond donors (Lipinski definition) is 2. The summed E-state index contributed by atoms with van der Waals surface area (Å²) in [5.41, 5.74) is 7.56. The molecule has 0 bridgehead atoms. The Morgan fingerprint density at radius 3 is 3.00 bits per heavy atom. The second-order valence-electron chi connectivity index (χ2n) is 5.50. The van der Waals surface area contributed by atoms with Crippen molar-refractivity contribution in [3.05, 3.63) is 53.3 Å². The molecule has 0 aliphatic carbocycles. The van der Waals surface area contributed by atoms with E-state index in [9.17, 15) is 0 Å². The molecule has 0 spiro atoms. The number of aromatic nitrogens is 2. The number of rotatable bonds is 1. The molecule has 3 heterocycles. The van der Waals surface area contributed by atoms with Crippen molar-refractivity contribution >= 4 is 11.0 Å². The lowest BCUT2D eigenvalue weighted by atomic mass is 9.95. The van der Waals surface area contributed by atoms with E-state index in [4.69, 9.17) is 0 Å². The zero-order valence-corrected chi connectivity index (χ0v) is 11.5. The van der Waals surface area contributed by atoms with Gasteiger partial charge in [0, 0.05) is 29.9 Å². The quantitative estimate of drug-likeness (QED) is 0.708. The molecule has 1 aromatic carbocycles. The van der Waals surface area contributed by atoms with Crippen molar-refractivity contribution in [2.45, 2.75) is 19.9 Å². The van der Waals surface area contributed by atoms with Crippen LogP contribution in [-0.2, 0) is 13.0 Å². The molecule has 2 aromatic heterocycles. The second kappa shape index (κ2) is 4.46.